The van der Waals surface area contributed by atoms with Crippen LogP contribution in [0.5, 0.6) is 0 Å². The molecule has 0 aliphatic carbocycles. The summed E-state index contributed by atoms with van der Waals surface area (Å²) in [6, 6.07) is -0.578. The summed E-state index contributed by atoms with van der Waals surface area (Å²) in [6.45, 7) is 7.25. The largest absolute Gasteiger partial charge is 0.467 e. The van der Waals surface area contributed by atoms with Gasteiger partial charge in [0.1, 0.15) is 6.04 Å². The van der Waals surface area contributed by atoms with E-state index in [0.717, 1.165) is 6.08 Å². The molecule has 0 radical (unpaired) electrons. The van der Waals surface area contributed by atoms with Crippen LogP contribution in [0.2, 0.25) is 0 Å². The highest BCUT2D eigenvalue weighted by atomic mass is 16.5. The Morgan fingerprint density at radius 2 is 2.07 bits per heavy atom. The molecule has 0 aromatic carbocycles. The lowest BCUT2D eigenvalue weighted by atomic mass is 10.0. The van der Waals surface area contributed by atoms with Crippen molar-refractivity contribution >= 4 is 11.9 Å². The minimum Gasteiger partial charge on any atom is -0.467 e. The molecule has 0 fully saturated rings. The van der Waals surface area contributed by atoms with E-state index in [-0.39, 0.29) is 5.91 Å². The van der Waals surface area contributed by atoms with E-state index in [0.29, 0.717) is 12.3 Å². The van der Waals surface area contributed by atoms with Gasteiger partial charge in [0.25, 0.3) is 0 Å². The van der Waals surface area contributed by atoms with Gasteiger partial charge in [0.15, 0.2) is 0 Å². The quantitative estimate of drug-likeness (QED) is 0.528. The smallest absolute Gasteiger partial charge is 0.328 e. The highest BCUT2D eigenvalue weighted by Gasteiger charge is 2.21. The van der Waals surface area contributed by atoms with Gasteiger partial charge in [-0.05, 0) is 18.4 Å². The maximum Gasteiger partial charge on any atom is 0.328 e. The van der Waals surface area contributed by atoms with Gasteiger partial charge in [-0.3, -0.25) is 4.79 Å². The SMILES string of the molecule is C=CC(=O)N[C@@H](CC(C)C)C(=O)OC. The van der Waals surface area contributed by atoms with E-state index < -0.39 is 12.0 Å². The molecular weight excluding hydrogens is 182 g/mol. The Hall–Kier alpha value is -1.32. The first kappa shape index (κ1) is 12.7. The van der Waals surface area contributed by atoms with Gasteiger partial charge in [-0.25, -0.2) is 4.79 Å². The van der Waals surface area contributed by atoms with E-state index in [9.17, 15) is 9.59 Å². The molecule has 1 amide bonds. The van der Waals surface area contributed by atoms with Crippen molar-refractivity contribution in [3.63, 3.8) is 0 Å². The minimum absolute atomic E-state index is 0.309. The molecule has 0 aliphatic heterocycles. The van der Waals surface area contributed by atoms with Crippen LogP contribution in [-0.2, 0) is 14.3 Å². The number of ether oxygens (including phenoxy) is 1. The number of methoxy groups -OCH3 is 1. The van der Waals surface area contributed by atoms with Gasteiger partial charge in [0.2, 0.25) is 5.91 Å². The number of esters is 1. The van der Waals surface area contributed by atoms with Crippen molar-refractivity contribution < 1.29 is 14.3 Å². The third-order valence-corrected chi connectivity index (χ3v) is 1.69. The number of carbonyl (C=O) groups excluding carboxylic acids is 2. The van der Waals surface area contributed by atoms with Crippen LogP contribution >= 0.6 is 0 Å². The standard InChI is InChI=1S/C10H17NO3/c1-5-9(12)11-8(6-7(2)3)10(13)14-4/h5,7-8H,1,6H2,2-4H3,(H,11,12)/t8-/m0/s1. The fourth-order valence-corrected chi connectivity index (χ4v) is 1.06. The molecule has 0 unspecified atom stereocenters. The van der Waals surface area contributed by atoms with Crippen LogP contribution in [-0.4, -0.2) is 25.0 Å². The average Bonchev–Trinajstić information content (AvgIpc) is 2.14. The van der Waals surface area contributed by atoms with E-state index in [1.807, 2.05) is 13.8 Å². The molecule has 0 heterocycles. The highest BCUT2D eigenvalue weighted by molar-refractivity contribution is 5.90. The molecule has 4 heteroatoms. The van der Waals surface area contributed by atoms with Crippen molar-refractivity contribution in [3.8, 4) is 0 Å². The lowest BCUT2D eigenvalue weighted by Gasteiger charge is -2.17. The molecule has 0 aromatic rings. The summed E-state index contributed by atoms with van der Waals surface area (Å²) in [5.74, 6) is -0.473. The lowest BCUT2D eigenvalue weighted by molar-refractivity contribution is -0.145. The first-order valence-corrected chi connectivity index (χ1v) is 4.52. The number of nitrogens with one attached hydrogen (secondary N) is 1. The van der Waals surface area contributed by atoms with E-state index >= 15 is 0 Å². The summed E-state index contributed by atoms with van der Waals surface area (Å²) in [7, 11) is 1.30. The summed E-state index contributed by atoms with van der Waals surface area (Å²) in [4.78, 5) is 22.2. The van der Waals surface area contributed by atoms with Crippen LogP contribution in [0.3, 0.4) is 0 Å². The Kier molecular flexibility index (Phi) is 5.60. The minimum atomic E-state index is -0.578. The molecule has 1 atom stereocenters. The molecule has 1 N–H and O–H groups in total. The second kappa shape index (κ2) is 6.18. The van der Waals surface area contributed by atoms with Crippen LogP contribution < -0.4 is 5.32 Å². The Morgan fingerprint density at radius 1 is 1.50 bits per heavy atom. The third-order valence-electron chi connectivity index (χ3n) is 1.69. The zero-order valence-electron chi connectivity index (χ0n) is 8.87. The van der Waals surface area contributed by atoms with Crippen molar-refractivity contribution in [1.82, 2.24) is 5.32 Å². The van der Waals surface area contributed by atoms with Gasteiger partial charge in [0.05, 0.1) is 7.11 Å². The Labute approximate surface area is 84.3 Å². The molecule has 0 aliphatic rings. The first-order valence-electron chi connectivity index (χ1n) is 4.52. The van der Waals surface area contributed by atoms with E-state index in [1.165, 1.54) is 7.11 Å². The van der Waals surface area contributed by atoms with Crippen LogP contribution in [0.15, 0.2) is 12.7 Å². The van der Waals surface area contributed by atoms with Crippen LogP contribution in [0.4, 0.5) is 0 Å². The summed E-state index contributed by atoms with van der Waals surface area (Å²) in [5.41, 5.74) is 0. The number of hydrogen-bond acceptors (Lipinski definition) is 3. The molecule has 80 valence electrons. The zero-order chi connectivity index (χ0) is 11.1. The monoisotopic (exact) mass is 199 g/mol. The zero-order valence-corrected chi connectivity index (χ0v) is 8.87. The average molecular weight is 199 g/mol. The van der Waals surface area contributed by atoms with Crippen LogP contribution in [0.1, 0.15) is 20.3 Å². The van der Waals surface area contributed by atoms with Crippen LogP contribution in [0, 0.1) is 5.92 Å². The van der Waals surface area contributed by atoms with E-state index in [2.05, 4.69) is 16.6 Å². The molecular formula is C10H17NO3. The number of hydrogen-bond donors (Lipinski definition) is 1. The van der Waals surface area contributed by atoms with Gasteiger partial charge in [-0.2, -0.15) is 0 Å². The Balaban J connectivity index is 4.31. The van der Waals surface area contributed by atoms with Gasteiger partial charge in [-0.15, -0.1) is 0 Å². The summed E-state index contributed by atoms with van der Waals surface area (Å²) in [6.07, 6.45) is 1.70. The predicted molar refractivity (Wildman–Crippen MR) is 53.6 cm³/mol. The molecule has 4 nitrogen and oxygen atoms in total. The highest BCUT2D eigenvalue weighted by Crippen LogP contribution is 2.05. The van der Waals surface area contributed by atoms with Crippen LogP contribution in [0.25, 0.3) is 0 Å². The molecule has 0 rings (SSSR count). The van der Waals surface area contributed by atoms with E-state index in [1.54, 1.807) is 0 Å². The third kappa shape index (κ3) is 4.64. The van der Waals surface area contributed by atoms with Crippen molar-refractivity contribution in [1.29, 1.82) is 0 Å². The second-order valence-corrected chi connectivity index (χ2v) is 3.42. The van der Waals surface area contributed by atoms with Gasteiger partial charge in [-0.1, -0.05) is 20.4 Å². The molecule has 0 saturated carbocycles. The number of carbonyl (C=O) groups is 2. The maximum atomic E-state index is 11.2. The van der Waals surface area contributed by atoms with Crippen molar-refractivity contribution in [3.05, 3.63) is 12.7 Å². The van der Waals surface area contributed by atoms with E-state index in [4.69, 9.17) is 0 Å². The molecule has 0 saturated heterocycles. The lowest BCUT2D eigenvalue weighted by Crippen LogP contribution is -2.41. The summed E-state index contributed by atoms with van der Waals surface area (Å²) in [5, 5.41) is 2.52. The summed E-state index contributed by atoms with van der Waals surface area (Å²) >= 11 is 0. The first-order chi connectivity index (χ1) is 6.51. The summed E-state index contributed by atoms with van der Waals surface area (Å²) < 4.78 is 4.57. The molecule has 0 spiro atoms. The number of rotatable bonds is 5. The van der Waals surface area contributed by atoms with Gasteiger partial charge in [0, 0.05) is 0 Å². The normalized spacial score (nSPS) is 12.0. The maximum absolute atomic E-state index is 11.2. The fraction of sp³-hybridized carbons (Fsp3) is 0.600. The molecule has 14 heavy (non-hydrogen) atoms. The van der Waals surface area contributed by atoms with Gasteiger partial charge < -0.3 is 10.1 Å². The topological polar surface area (TPSA) is 55.4 Å². The molecule has 0 bridgehead atoms. The van der Waals surface area contributed by atoms with Crippen molar-refractivity contribution in [2.75, 3.05) is 7.11 Å². The van der Waals surface area contributed by atoms with Gasteiger partial charge >= 0.3 is 5.97 Å². The fourth-order valence-electron chi connectivity index (χ4n) is 1.06. The van der Waals surface area contributed by atoms with Crippen molar-refractivity contribution in [2.45, 2.75) is 26.3 Å². The predicted octanol–water partition coefficient (Wildman–Crippen LogP) is 0.876. The van der Waals surface area contributed by atoms with Crippen molar-refractivity contribution in [2.24, 2.45) is 5.92 Å². The Bertz CT molecular complexity index is 223. The molecule has 0 aromatic heterocycles. The number of amides is 1. The Morgan fingerprint density at radius 3 is 2.43 bits per heavy atom. The second-order valence-electron chi connectivity index (χ2n) is 3.42.